The van der Waals surface area contributed by atoms with E-state index in [1.807, 2.05) is 23.1 Å². The first kappa shape index (κ1) is 25.0. The van der Waals surface area contributed by atoms with Gasteiger partial charge in [-0.3, -0.25) is 4.79 Å². The van der Waals surface area contributed by atoms with E-state index in [4.69, 9.17) is 4.98 Å². The molecule has 0 N–H and O–H groups in total. The molecule has 0 radical (unpaired) electrons. The number of carbonyl (C=O) groups excluding carboxylic acids is 1. The molecule has 2 aliphatic heterocycles. The molecule has 0 spiro atoms. The highest BCUT2D eigenvalue weighted by molar-refractivity contribution is 7.89. The Morgan fingerprint density at radius 3 is 2.24 bits per heavy atom. The first-order valence-corrected chi connectivity index (χ1v) is 15.1. The third-order valence-electron chi connectivity index (χ3n) is 7.60. The molecular formula is C29H30N4O3S2. The number of anilines is 1. The maximum Gasteiger partial charge on any atom is 0.253 e. The minimum absolute atomic E-state index is 0.0727. The number of hydrogen-bond acceptors (Lipinski definition) is 6. The summed E-state index contributed by atoms with van der Waals surface area (Å²) < 4.78 is 29.3. The monoisotopic (exact) mass is 546 g/mol. The molecular weight excluding hydrogens is 516 g/mol. The summed E-state index contributed by atoms with van der Waals surface area (Å²) in [5.41, 5.74) is 6.23. The van der Waals surface area contributed by atoms with Crippen LogP contribution < -0.4 is 4.90 Å². The second-order valence-electron chi connectivity index (χ2n) is 10.0. The smallest absolute Gasteiger partial charge is 0.253 e. The Bertz CT molecular complexity index is 1580. The highest BCUT2D eigenvalue weighted by Crippen LogP contribution is 2.33. The summed E-state index contributed by atoms with van der Waals surface area (Å²) in [4.78, 5) is 22.4. The molecule has 9 heteroatoms. The Labute approximate surface area is 227 Å². The van der Waals surface area contributed by atoms with Gasteiger partial charge in [0.15, 0.2) is 5.13 Å². The largest absolute Gasteiger partial charge is 0.345 e. The molecule has 1 fully saturated rings. The summed E-state index contributed by atoms with van der Waals surface area (Å²) in [5.74, 6) is -0.0727. The molecule has 7 nitrogen and oxygen atoms in total. The lowest BCUT2D eigenvalue weighted by atomic mass is 10.0. The average molecular weight is 547 g/mol. The maximum absolute atomic E-state index is 13.3. The quantitative estimate of drug-likeness (QED) is 0.373. The molecule has 1 aromatic heterocycles. The van der Waals surface area contributed by atoms with Gasteiger partial charge in [0.2, 0.25) is 10.0 Å². The number of aryl methyl sites for hydroxylation is 2. The number of piperazine rings is 1. The predicted octanol–water partition coefficient (Wildman–Crippen LogP) is 4.62. The van der Waals surface area contributed by atoms with Crippen LogP contribution in [-0.2, 0) is 23.0 Å². The van der Waals surface area contributed by atoms with Crippen LogP contribution in [0.4, 0.5) is 5.13 Å². The normalized spacial score (nSPS) is 16.6. The van der Waals surface area contributed by atoms with Crippen molar-refractivity contribution in [3.8, 4) is 0 Å². The molecule has 38 heavy (non-hydrogen) atoms. The SMILES string of the molecule is Cc1ccc(C)c2sc(N3CCN(C(=O)c4ccc(S(=O)(=O)N5CCc6ccccc6C5)cc4)CC3)nc12. The van der Waals surface area contributed by atoms with E-state index in [1.54, 1.807) is 35.6 Å². The third kappa shape index (κ3) is 4.48. The van der Waals surface area contributed by atoms with Crippen molar-refractivity contribution in [2.24, 2.45) is 0 Å². The van der Waals surface area contributed by atoms with E-state index in [1.165, 1.54) is 25.7 Å². The summed E-state index contributed by atoms with van der Waals surface area (Å²) in [6, 6.07) is 18.6. The molecule has 0 aliphatic carbocycles. The molecule has 0 saturated carbocycles. The van der Waals surface area contributed by atoms with E-state index in [0.717, 1.165) is 16.2 Å². The minimum Gasteiger partial charge on any atom is -0.345 e. The molecule has 196 valence electrons. The van der Waals surface area contributed by atoms with Crippen LogP contribution >= 0.6 is 11.3 Å². The fourth-order valence-corrected chi connectivity index (χ4v) is 7.84. The summed E-state index contributed by atoms with van der Waals surface area (Å²) in [5, 5.41) is 0.999. The Balaban J connectivity index is 1.11. The highest BCUT2D eigenvalue weighted by atomic mass is 32.2. The summed E-state index contributed by atoms with van der Waals surface area (Å²) in [6.45, 7) is 7.65. The topological polar surface area (TPSA) is 73.8 Å². The molecule has 4 aromatic rings. The van der Waals surface area contributed by atoms with Gasteiger partial charge in [-0.2, -0.15) is 4.31 Å². The maximum atomic E-state index is 13.3. The third-order valence-corrected chi connectivity index (χ3v) is 10.7. The molecule has 2 aliphatic rings. The molecule has 6 rings (SSSR count). The number of sulfonamides is 1. The van der Waals surface area contributed by atoms with E-state index >= 15 is 0 Å². The minimum atomic E-state index is -3.63. The van der Waals surface area contributed by atoms with Crippen molar-refractivity contribution in [2.75, 3.05) is 37.6 Å². The summed E-state index contributed by atoms with van der Waals surface area (Å²) in [7, 11) is -3.63. The molecule has 3 aromatic carbocycles. The number of nitrogens with zero attached hydrogens (tertiary/aromatic N) is 4. The fraction of sp³-hybridized carbons (Fsp3) is 0.310. The zero-order chi connectivity index (χ0) is 26.4. The summed E-state index contributed by atoms with van der Waals surface area (Å²) >= 11 is 1.71. The molecule has 1 saturated heterocycles. The number of fused-ring (bicyclic) bond motifs is 2. The lowest BCUT2D eigenvalue weighted by molar-refractivity contribution is 0.0746. The average Bonchev–Trinajstić information content (AvgIpc) is 3.42. The van der Waals surface area contributed by atoms with Crippen molar-refractivity contribution in [2.45, 2.75) is 31.7 Å². The molecule has 0 unspecified atom stereocenters. The van der Waals surface area contributed by atoms with Crippen molar-refractivity contribution in [3.05, 3.63) is 88.5 Å². The van der Waals surface area contributed by atoms with E-state index < -0.39 is 10.0 Å². The van der Waals surface area contributed by atoms with Crippen molar-refractivity contribution in [1.29, 1.82) is 0 Å². The van der Waals surface area contributed by atoms with Gasteiger partial charge in [0, 0.05) is 44.8 Å². The van der Waals surface area contributed by atoms with Crippen LogP contribution in [0.2, 0.25) is 0 Å². The number of carbonyl (C=O) groups is 1. The van der Waals surface area contributed by atoms with Crippen LogP contribution in [-0.4, -0.2) is 61.2 Å². The lowest BCUT2D eigenvalue weighted by Crippen LogP contribution is -2.48. The fourth-order valence-electron chi connectivity index (χ4n) is 5.26. The van der Waals surface area contributed by atoms with Gasteiger partial charge in [-0.25, -0.2) is 13.4 Å². The second kappa shape index (κ2) is 9.80. The predicted molar refractivity (Wildman–Crippen MR) is 151 cm³/mol. The zero-order valence-corrected chi connectivity index (χ0v) is 23.2. The molecule has 0 bridgehead atoms. The Kier molecular flexibility index (Phi) is 6.45. The van der Waals surface area contributed by atoms with Crippen molar-refractivity contribution >= 4 is 42.6 Å². The van der Waals surface area contributed by atoms with Gasteiger partial charge in [-0.15, -0.1) is 0 Å². The first-order chi connectivity index (χ1) is 18.3. The van der Waals surface area contributed by atoms with Gasteiger partial charge in [0.1, 0.15) is 0 Å². The molecule has 3 heterocycles. The van der Waals surface area contributed by atoms with Crippen LogP contribution in [0.25, 0.3) is 10.2 Å². The van der Waals surface area contributed by atoms with Gasteiger partial charge in [0.05, 0.1) is 15.1 Å². The van der Waals surface area contributed by atoms with Gasteiger partial charge in [-0.1, -0.05) is 47.7 Å². The number of rotatable bonds is 4. The Morgan fingerprint density at radius 2 is 1.53 bits per heavy atom. The van der Waals surface area contributed by atoms with Crippen molar-refractivity contribution in [1.82, 2.24) is 14.2 Å². The number of benzene rings is 3. The van der Waals surface area contributed by atoms with Gasteiger partial charge in [0.25, 0.3) is 5.91 Å². The van der Waals surface area contributed by atoms with Crippen LogP contribution in [0.3, 0.4) is 0 Å². The Morgan fingerprint density at radius 1 is 0.842 bits per heavy atom. The van der Waals surface area contributed by atoms with E-state index in [9.17, 15) is 13.2 Å². The van der Waals surface area contributed by atoms with Crippen LogP contribution in [0.1, 0.15) is 32.6 Å². The molecule has 1 amide bonds. The van der Waals surface area contributed by atoms with E-state index in [-0.39, 0.29) is 10.8 Å². The van der Waals surface area contributed by atoms with Crippen LogP contribution in [0.5, 0.6) is 0 Å². The number of hydrogen-bond donors (Lipinski definition) is 0. The van der Waals surface area contributed by atoms with E-state index in [0.29, 0.717) is 51.3 Å². The number of amides is 1. The standard InChI is InChI=1S/C29H30N4O3S2/c1-20-7-8-21(2)27-26(20)30-29(37-27)32-17-15-31(16-18-32)28(34)23-9-11-25(12-10-23)38(35,36)33-14-13-22-5-3-4-6-24(22)19-33/h3-12H,13-19H2,1-2H3. The van der Waals surface area contributed by atoms with Crippen molar-refractivity contribution in [3.63, 3.8) is 0 Å². The first-order valence-electron chi connectivity index (χ1n) is 12.9. The number of thiazole rings is 1. The zero-order valence-electron chi connectivity index (χ0n) is 21.6. The number of aromatic nitrogens is 1. The van der Waals surface area contributed by atoms with Gasteiger partial charge >= 0.3 is 0 Å². The van der Waals surface area contributed by atoms with Gasteiger partial charge < -0.3 is 9.80 Å². The Hall–Kier alpha value is -3.27. The van der Waals surface area contributed by atoms with Crippen molar-refractivity contribution < 1.29 is 13.2 Å². The molecule has 0 atom stereocenters. The van der Waals surface area contributed by atoms with E-state index in [2.05, 4.69) is 36.9 Å². The summed E-state index contributed by atoms with van der Waals surface area (Å²) in [6.07, 6.45) is 0.703. The second-order valence-corrected chi connectivity index (χ2v) is 12.9. The van der Waals surface area contributed by atoms with Gasteiger partial charge in [-0.05, 0) is 66.8 Å². The van der Waals surface area contributed by atoms with Crippen LogP contribution in [0.15, 0.2) is 65.6 Å². The lowest BCUT2D eigenvalue weighted by Gasteiger charge is -2.34. The highest BCUT2D eigenvalue weighted by Gasteiger charge is 2.29. The van der Waals surface area contributed by atoms with Crippen LogP contribution in [0, 0.1) is 13.8 Å².